The maximum Gasteiger partial charge on any atom is 0.234 e. The van der Waals surface area contributed by atoms with Gasteiger partial charge in [0.05, 0.1) is 6.10 Å². The second-order valence-corrected chi connectivity index (χ2v) is 4.41. The van der Waals surface area contributed by atoms with Gasteiger partial charge in [-0.3, -0.25) is 10.2 Å². The van der Waals surface area contributed by atoms with Gasteiger partial charge in [-0.1, -0.05) is 22.0 Å². The number of hydrogen-bond donors (Lipinski definition) is 2. The second-order valence-electron chi connectivity index (χ2n) is 3.49. The molecule has 3 N–H and O–H groups in total. The molecule has 0 spiro atoms. The Kier molecular flexibility index (Phi) is 5.28. The van der Waals surface area contributed by atoms with Crippen LogP contribution in [0.3, 0.4) is 0 Å². The van der Waals surface area contributed by atoms with Gasteiger partial charge in [0, 0.05) is 10.9 Å². The molecule has 88 valence electrons. The molecule has 1 unspecified atom stereocenters. The number of hydrazine groups is 1. The van der Waals surface area contributed by atoms with Crippen LogP contribution in [0.25, 0.3) is 0 Å². The predicted octanol–water partition coefficient (Wildman–Crippen LogP) is 1.99. The standard InChI is InChI=1S/C11H15BrN2O2/c1-8(5-6-11(15)14-13)16-10-4-2-3-9(12)7-10/h2-4,7-8H,5-6,13H2,1H3,(H,14,15). The lowest BCUT2D eigenvalue weighted by atomic mass is 10.2. The molecule has 0 fully saturated rings. The maximum atomic E-state index is 10.9. The first kappa shape index (κ1) is 13.0. The normalized spacial score (nSPS) is 11.9. The van der Waals surface area contributed by atoms with Crippen molar-refractivity contribution in [3.8, 4) is 5.75 Å². The Morgan fingerprint density at radius 3 is 3.00 bits per heavy atom. The SMILES string of the molecule is CC(CCC(=O)NN)Oc1cccc(Br)c1. The number of rotatable bonds is 5. The lowest BCUT2D eigenvalue weighted by Gasteiger charge is -2.14. The van der Waals surface area contributed by atoms with E-state index in [4.69, 9.17) is 10.6 Å². The Morgan fingerprint density at radius 1 is 1.62 bits per heavy atom. The van der Waals surface area contributed by atoms with Crippen LogP contribution >= 0.6 is 15.9 Å². The number of hydrogen-bond acceptors (Lipinski definition) is 3. The number of carbonyl (C=O) groups is 1. The van der Waals surface area contributed by atoms with Gasteiger partial charge in [0.25, 0.3) is 0 Å². The van der Waals surface area contributed by atoms with Gasteiger partial charge in [0.2, 0.25) is 5.91 Å². The van der Waals surface area contributed by atoms with E-state index in [1.54, 1.807) is 0 Å². The number of benzene rings is 1. The van der Waals surface area contributed by atoms with Crippen LogP contribution in [-0.4, -0.2) is 12.0 Å². The van der Waals surface area contributed by atoms with E-state index < -0.39 is 0 Å². The van der Waals surface area contributed by atoms with Crippen LogP contribution in [0.2, 0.25) is 0 Å². The molecule has 0 aliphatic carbocycles. The van der Waals surface area contributed by atoms with E-state index in [9.17, 15) is 4.79 Å². The van der Waals surface area contributed by atoms with E-state index in [1.807, 2.05) is 31.2 Å². The zero-order valence-corrected chi connectivity index (χ0v) is 10.7. The summed E-state index contributed by atoms with van der Waals surface area (Å²) in [5, 5.41) is 0. The molecular formula is C11H15BrN2O2. The highest BCUT2D eigenvalue weighted by Gasteiger charge is 2.07. The minimum atomic E-state index is -0.176. The Morgan fingerprint density at radius 2 is 2.38 bits per heavy atom. The van der Waals surface area contributed by atoms with Crippen LogP contribution in [0.4, 0.5) is 0 Å². The largest absolute Gasteiger partial charge is 0.491 e. The van der Waals surface area contributed by atoms with Crippen molar-refractivity contribution < 1.29 is 9.53 Å². The van der Waals surface area contributed by atoms with Crippen molar-refractivity contribution in [2.75, 3.05) is 0 Å². The van der Waals surface area contributed by atoms with E-state index in [0.717, 1.165) is 10.2 Å². The van der Waals surface area contributed by atoms with Crippen LogP contribution in [0.1, 0.15) is 19.8 Å². The zero-order chi connectivity index (χ0) is 12.0. The van der Waals surface area contributed by atoms with Crippen molar-refractivity contribution in [1.82, 2.24) is 5.43 Å². The molecule has 0 aliphatic heterocycles. The number of nitrogens with one attached hydrogen (secondary N) is 1. The average Bonchev–Trinajstić information content (AvgIpc) is 2.26. The van der Waals surface area contributed by atoms with E-state index >= 15 is 0 Å². The predicted molar refractivity (Wildman–Crippen MR) is 65.8 cm³/mol. The monoisotopic (exact) mass is 286 g/mol. The highest BCUT2D eigenvalue weighted by Crippen LogP contribution is 2.19. The maximum absolute atomic E-state index is 10.9. The fraction of sp³-hybridized carbons (Fsp3) is 0.364. The minimum absolute atomic E-state index is 0.0217. The second kappa shape index (κ2) is 6.50. The number of ether oxygens (including phenoxy) is 1. The number of nitrogens with two attached hydrogens (primary N) is 1. The van der Waals surface area contributed by atoms with Crippen LogP contribution in [0.5, 0.6) is 5.75 Å². The van der Waals surface area contributed by atoms with Crippen LogP contribution in [0, 0.1) is 0 Å². The summed E-state index contributed by atoms with van der Waals surface area (Å²) in [4.78, 5) is 10.9. The smallest absolute Gasteiger partial charge is 0.234 e. The molecule has 5 heteroatoms. The third-order valence-corrected chi connectivity index (χ3v) is 2.57. The van der Waals surface area contributed by atoms with Crippen molar-refractivity contribution >= 4 is 21.8 Å². The molecule has 0 saturated heterocycles. The lowest BCUT2D eigenvalue weighted by molar-refractivity contribution is -0.121. The molecule has 0 radical (unpaired) electrons. The molecule has 1 atom stereocenters. The van der Waals surface area contributed by atoms with E-state index in [0.29, 0.717) is 12.8 Å². The van der Waals surface area contributed by atoms with Crippen molar-refractivity contribution in [2.24, 2.45) is 5.84 Å². The number of carbonyl (C=O) groups excluding carboxylic acids is 1. The number of amides is 1. The minimum Gasteiger partial charge on any atom is -0.491 e. The lowest BCUT2D eigenvalue weighted by Crippen LogP contribution is -2.30. The summed E-state index contributed by atoms with van der Waals surface area (Å²) in [5.74, 6) is 5.59. The molecule has 1 amide bonds. The molecule has 0 saturated carbocycles. The molecule has 0 aromatic heterocycles. The average molecular weight is 287 g/mol. The molecule has 1 aromatic carbocycles. The van der Waals surface area contributed by atoms with Crippen LogP contribution in [-0.2, 0) is 4.79 Å². The summed E-state index contributed by atoms with van der Waals surface area (Å²) in [5.41, 5.74) is 2.09. The number of halogens is 1. The summed E-state index contributed by atoms with van der Waals surface area (Å²) < 4.78 is 6.61. The van der Waals surface area contributed by atoms with Gasteiger partial charge in [-0.25, -0.2) is 5.84 Å². The molecule has 0 aliphatic rings. The van der Waals surface area contributed by atoms with E-state index in [-0.39, 0.29) is 12.0 Å². The van der Waals surface area contributed by atoms with Crippen molar-refractivity contribution in [2.45, 2.75) is 25.9 Å². The first-order chi connectivity index (χ1) is 7.61. The zero-order valence-electron chi connectivity index (χ0n) is 9.07. The Labute approximate surface area is 103 Å². The summed E-state index contributed by atoms with van der Waals surface area (Å²) in [6.07, 6.45) is 0.980. The first-order valence-electron chi connectivity index (χ1n) is 5.03. The summed E-state index contributed by atoms with van der Waals surface area (Å²) in [6.45, 7) is 1.92. The van der Waals surface area contributed by atoms with E-state index in [1.165, 1.54) is 0 Å². The van der Waals surface area contributed by atoms with Gasteiger partial charge in [-0.15, -0.1) is 0 Å². The van der Waals surface area contributed by atoms with Crippen molar-refractivity contribution in [1.29, 1.82) is 0 Å². The van der Waals surface area contributed by atoms with E-state index in [2.05, 4.69) is 21.4 Å². The fourth-order valence-corrected chi connectivity index (χ4v) is 1.62. The summed E-state index contributed by atoms with van der Waals surface area (Å²) >= 11 is 3.36. The summed E-state index contributed by atoms with van der Waals surface area (Å²) in [6, 6.07) is 7.60. The van der Waals surface area contributed by atoms with Crippen LogP contribution in [0.15, 0.2) is 28.7 Å². The van der Waals surface area contributed by atoms with Crippen molar-refractivity contribution in [3.05, 3.63) is 28.7 Å². The molecular weight excluding hydrogens is 272 g/mol. The quantitative estimate of drug-likeness (QED) is 0.494. The highest BCUT2D eigenvalue weighted by atomic mass is 79.9. The third kappa shape index (κ3) is 4.63. The molecule has 0 heterocycles. The van der Waals surface area contributed by atoms with Crippen LogP contribution < -0.4 is 16.0 Å². The van der Waals surface area contributed by atoms with Gasteiger partial charge in [0.15, 0.2) is 0 Å². The Balaban J connectivity index is 2.39. The van der Waals surface area contributed by atoms with Gasteiger partial charge in [-0.2, -0.15) is 0 Å². The third-order valence-electron chi connectivity index (χ3n) is 2.07. The van der Waals surface area contributed by atoms with Gasteiger partial charge in [0.1, 0.15) is 5.75 Å². The van der Waals surface area contributed by atoms with Gasteiger partial charge in [-0.05, 0) is 31.5 Å². The Bertz CT molecular complexity index is 358. The molecule has 16 heavy (non-hydrogen) atoms. The van der Waals surface area contributed by atoms with Gasteiger partial charge < -0.3 is 4.74 Å². The summed E-state index contributed by atoms with van der Waals surface area (Å²) in [7, 11) is 0. The topological polar surface area (TPSA) is 64.4 Å². The fourth-order valence-electron chi connectivity index (χ4n) is 1.24. The molecule has 0 bridgehead atoms. The first-order valence-corrected chi connectivity index (χ1v) is 5.83. The molecule has 1 aromatic rings. The van der Waals surface area contributed by atoms with Crippen molar-refractivity contribution in [3.63, 3.8) is 0 Å². The molecule has 4 nitrogen and oxygen atoms in total. The Hall–Kier alpha value is -1.07. The molecule has 1 rings (SSSR count). The highest BCUT2D eigenvalue weighted by molar-refractivity contribution is 9.10. The van der Waals surface area contributed by atoms with Gasteiger partial charge >= 0.3 is 0 Å².